The third kappa shape index (κ3) is 3.93. The molecule has 152 valence electrons. The van der Waals surface area contributed by atoms with Gasteiger partial charge < -0.3 is 0 Å². The molecule has 1 amide bonds. The number of thiazole rings is 1. The van der Waals surface area contributed by atoms with E-state index in [0.717, 1.165) is 52.6 Å². The number of likely N-dealkylation sites (tertiary alicyclic amines) is 1. The number of aromatic nitrogens is 3. The van der Waals surface area contributed by atoms with Gasteiger partial charge in [0.05, 0.1) is 16.3 Å². The van der Waals surface area contributed by atoms with Crippen LogP contribution in [0.3, 0.4) is 0 Å². The molecule has 0 unspecified atom stereocenters. The van der Waals surface area contributed by atoms with Gasteiger partial charge in [-0.1, -0.05) is 6.42 Å². The van der Waals surface area contributed by atoms with E-state index in [0.29, 0.717) is 15.9 Å². The summed E-state index contributed by atoms with van der Waals surface area (Å²) >= 11 is 2.96. The summed E-state index contributed by atoms with van der Waals surface area (Å²) in [6.45, 7) is 7.16. The molecule has 3 aromatic heterocycles. The summed E-state index contributed by atoms with van der Waals surface area (Å²) in [5, 5.41) is 6.74. The lowest BCUT2D eigenvalue weighted by Gasteiger charge is -2.25. The molecule has 8 heteroatoms. The van der Waals surface area contributed by atoms with Crippen molar-refractivity contribution in [2.45, 2.75) is 58.4 Å². The highest BCUT2D eigenvalue weighted by molar-refractivity contribution is 7.21. The van der Waals surface area contributed by atoms with E-state index in [1.54, 1.807) is 0 Å². The van der Waals surface area contributed by atoms with E-state index < -0.39 is 0 Å². The number of anilines is 1. The number of nitrogens with zero attached hydrogens (tertiary/aromatic N) is 4. The first-order valence-electron chi connectivity index (χ1n) is 10.3. The van der Waals surface area contributed by atoms with Crippen LogP contribution in [0.5, 0.6) is 0 Å². The van der Waals surface area contributed by atoms with Crippen LogP contribution in [0, 0.1) is 13.8 Å². The Hall–Kier alpha value is -1.90. The van der Waals surface area contributed by atoms with Gasteiger partial charge in [-0.05, 0) is 58.2 Å². The van der Waals surface area contributed by atoms with Gasteiger partial charge in [-0.25, -0.2) is 15.0 Å². The number of fused-ring (bicyclic) bond motifs is 1. The maximum absolute atomic E-state index is 13.0. The van der Waals surface area contributed by atoms with Crippen LogP contribution >= 0.6 is 22.7 Å². The second-order valence-electron chi connectivity index (χ2n) is 8.11. The van der Waals surface area contributed by atoms with Crippen molar-refractivity contribution in [3.05, 3.63) is 33.0 Å². The van der Waals surface area contributed by atoms with Crippen molar-refractivity contribution in [3.8, 4) is 0 Å². The van der Waals surface area contributed by atoms with Gasteiger partial charge in [-0.3, -0.25) is 15.0 Å². The van der Waals surface area contributed by atoms with Crippen LogP contribution in [0.15, 0.2) is 5.38 Å². The van der Waals surface area contributed by atoms with Gasteiger partial charge >= 0.3 is 0 Å². The topological polar surface area (TPSA) is 71.0 Å². The van der Waals surface area contributed by atoms with E-state index in [1.165, 1.54) is 54.8 Å². The average Bonchev–Trinajstić information content (AvgIpc) is 3.39. The van der Waals surface area contributed by atoms with Crippen LogP contribution in [0.1, 0.15) is 70.5 Å². The summed E-state index contributed by atoms with van der Waals surface area (Å²) < 4.78 is 0. The Balaban J connectivity index is 1.33. The van der Waals surface area contributed by atoms with E-state index in [-0.39, 0.29) is 5.91 Å². The van der Waals surface area contributed by atoms with Gasteiger partial charge in [0.2, 0.25) is 0 Å². The quantitative estimate of drug-likeness (QED) is 0.628. The van der Waals surface area contributed by atoms with Gasteiger partial charge in [0.1, 0.15) is 10.7 Å². The molecule has 1 saturated heterocycles. The molecular weight excluding hydrogens is 402 g/mol. The number of thiophene rings is 1. The summed E-state index contributed by atoms with van der Waals surface area (Å²) in [4.78, 5) is 31.1. The average molecular weight is 428 g/mol. The lowest BCUT2D eigenvalue weighted by atomic mass is 10.1. The third-order valence-corrected chi connectivity index (χ3v) is 7.73. The second kappa shape index (κ2) is 7.74. The number of nitrogens with one attached hydrogen (secondary N) is 1. The fraction of sp³-hybridized carbons (Fsp3) is 0.524. The Morgan fingerprint density at radius 1 is 1.17 bits per heavy atom. The molecule has 4 heterocycles. The number of piperidine rings is 1. The molecule has 2 fully saturated rings. The maximum atomic E-state index is 13.0. The van der Waals surface area contributed by atoms with Gasteiger partial charge in [0.25, 0.3) is 5.91 Å². The molecule has 0 radical (unpaired) electrons. The molecule has 29 heavy (non-hydrogen) atoms. The molecule has 2 aliphatic rings. The van der Waals surface area contributed by atoms with Crippen LogP contribution in [-0.4, -0.2) is 38.8 Å². The van der Waals surface area contributed by atoms with Crippen molar-refractivity contribution < 1.29 is 4.79 Å². The number of rotatable bonds is 5. The Morgan fingerprint density at radius 2 is 1.97 bits per heavy atom. The zero-order chi connectivity index (χ0) is 20.0. The van der Waals surface area contributed by atoms with Crippen LogP contribution in [-0.2, 0) is 6.54 Å². The predicted octanol–water partition coefficient (Wildman–Crippen LogP) is 4.88. The standard InChI is InChI=1S/C21H25N5OS2/c1-12-16-13(2)22-18(14-6-7-14)24-20(16)29-17(12)19(27)25-21-23-15(11-28-21)10-26-8-4-3-5-9-26/h11,14H,3-10H2,1-2H3,(H,23,25,27). The molecule has 5 rings (SSSR count). The monoisotopic (exact) mass is 427 g/mol. The minimum absolute atomic E-state index is 0.100. The largest absolute Gasteiger partial charge is 0.297 e. The number of hydrogen-bond acceptors (Lipinski definition) is 7. The number of aryl methyl sites for hydroxylation is 2. The molecule has 1 aliphatic heterocycles. The Bertz CT molecular complexity index is 1060. The van der Waals surface area contributed by atoms with E-state index in [1.807, 2.05) is 13.8 Å². The first kappa shape index (κ1) is 19.1. The summed E-state index contributed by atoms with van der Waals surface area (Å²) in [7, 11) is 0. The van der Waals surface area contributed by atoms with Gasteiger partial charge in [-0.15, -0.1) is 22.7 Å². The summed E-state index contributed by atoms with van der Waals surface area (Å²) in [5.74, 6) is 1.34. The molecule has 0 spiro atoms. The van der Waals surface area contributed by atoms with Crippen molar-refractivity contribution in [2.24, 2.45) is 0 Å². The number of hydrogen-bond donors (Lipinski definition) is 1. The smallest absolute Gasteiger partial charge is 0.267 e. The van der Waals surface area contributed by atoms with Gasteiger partial charge in [0, 0.05) is 23.2 Å². The molecule has 0 atom stereocenters. The number of carbonyl (C=O) groups excluding carboxylic acids is 1. The van der Waals surface area contributed by atoms with Crippen LogP contribution < -0.4 is 5.32 Å². The van der Waals surface area contributed by atoms with Crippen molar-refractivity contribution in [3.63, 3.8) is 0 Å². The highest BCUT2D eigenvalue weighted by Crippen LogP contribution is 2.40. The highest BCUT2D eigenvalue weighted by atomic mass is 32.1. The fourth-order valence-corrected chi connectivity index (χ4v) is 5.87. The van der Waals surface area contributed by atoms with Crippen molar-refractivity contribution in [1.82, 2.24) is 19.9 Å². The lowest BCUT2D eigenvalue weighted by Crippen LogP contribution is -2.29. The minimum atomic E-state index is -0.100. The molecule has 0 bridgehead atoms. The molecular formula is C21H25N5OS2. The van der Waals surface area contributed by atoms with E-state index in [4.69, 9.17) is 4.98 Å². The second-order valence-corrected chi connectivity index (χ2v) is 9.97. The van der Waals surface area contributed by atoms with Gasteiger partial charge in [-0.2, -0.15) is 0 Å². The SMILES string of the molecule is Cc1nc(C2CC2)nc2sc(C(=O)Nc3nc(CN4CCCCC4)cs3)c(C)c12. The fourth-order valence-electron chi connectivity index (χ4n) is 4.04. The Kier molecular flexibility index (Phi) is 5.09. The normalized spacial score (nSPS) is 17.7. The summed E-state index contributed by atoms with van der Waals surface area (Å²) in [6.07, 6.45) is 6.21. The minimum Gasteiger partial charge on any atom is -0.297 e. The van der Waals surface area contributed by atoms with Gasteiger partial charge in [0.15, 0.2) is 5.13 Å². The lowest BCUT2D eigenvalue weighted by molar-refractivity contribution is 0.103. The van der Waals surface area contributed by atoms with E-state index >= 15 is 0 Å². The molecule has 3 aromatic rings. The van der Waals surface area contributed by atoms with E-state index in [2.05, 4.69) is 25.6 Å². The number of amides is 1. The van der Waals surface area contributed by atoms with Crippen molar-refractivity contribution in [2.75, 3.05) is 18.4 Å². The first-order valence-corrected chi connectivity index (χ1v) is 12.0. The molecule has 0 aromatic carbocycles. The predicted molar refractivity (Wildman–Crippen MR) is 118 cm³/mol. The Morgan fingerprint density at radius 3 is 2.72 bits per heavy atom. The van der Waals surface area contributed by atoms with Crippen LogP contribution in [0.2, 0.25) is 0 Å². The third-order valence-electron chi connectivity index (χ3n) is 5.74. The highest BCUT2D eigenvalue weighted by Gasteiger charge is 2.28. The molecule has 1 aliphatic carbocycles. The molecule has 1 saturated carbocycles. The van der Waals surface area contributed by atoms with Crippen LogP contribution in [0.25, 0.3) is 10.2 Å². The summed E-state index contributed by atoms with van der Waals surface area (Å²) in [6, 6.07) is 0. The van der Waals surface area contributed by atoms with E-state index in [9.17, 15) is 4.79 Å². The zero-order valence-electron chi connectivity index (χ0n) is 16.8. The maximum Gasteiger partial charge on any atom is 0.267 e. The zero-order valence-corrected chi connectivity index (χ0v) is 18.5. The number of carbonyl (C=O) groups is 1. The van der Waals surface area contributed by atoms with Crippen molar-refractivity contribution in [1.29, 1.82) is 0 Å². The first-order chi connectivity index (χ1) is 14.1. The Labute approximate surface area is 178 Å². The molecule has 6 nitrogen and oxygen atoms in total. The van der Waals surface area contributed by atoms with Crippen LogP contribution in [0.4, 0.5) is 5.13 Å². The molecule has 1 N–H and O–H groups in total. The van der Waals surface area contributed by atoms with Crippen molar-refractivity contribution >= 4 is 43.9 Å². The summed E-state index contributed by atoms with van der Waals surface area (Å²) in [5.41, 5.74) is 2.98.